The molecular weight excluding hydrogens is 440 g/mol. The van der Waals surface area contributed by atoms with Crippen molar-refractivity contribution in [1.82, 2.24) is 9.38 Å². The van der Waals surface area contributed by atoms with Crippen LogP contribution >= 0.6 is 0 Å². The molecular formula is C33H22N2O. The Kier molecular flexibility index (Phi) is 3.61. The quantitative estimate of drug-likeness (QED) is 0.252. The van der Waals surface area contributed by atoms with Crippen molar-refractivity contribution < 1.29 is 0 Å². The summed E-state index contributed by atoms with van der Waals surface area (Å²) < 4.78 is 1.83. The summed E-state index contributed by atoms with van der Waals surface area (Å²) in [5, 5.41) is 3.82. The zero-order valence-corrected chi connectivity index (χ0v) is 20.0. The molecule has 1 aliphatic rings. The molecule has 2 heterocycles. The molecule has 170 valence electrons. The van der Waals surface area contributed by atoms with Crippen molar-refractivity contribution in [3.05, 3.63) is 119 Å². The fourth-order valence-electron chi connectivity index (χ4n) is 6.42. The third-order valence-electron chi connectivity index (χ3n) is 8.16. The molecule has 0 saturated carbocycles. The van der Waals surface area contributed by atoms with E-state index in [4.69, 9.17) is 4.98 Å². The highest BCUT2D eigenvalue weighted by Crippen LogP contribution is 2.49. The summed E-state index contributed by atoms with van der Waals surface area (Å²) in [4.78, 5) is 19.1. The van der Waals surface area contributed by atoms with Gasteiger partial charge in [0.15, 0.2) is 0 Å². The Morgan fingerprint density at radius 3 is 2.31 bits per heavy atom. The largest absolute Gasteiger partial charge is 0.268 e. The van der Waals surface area contributed by atoms with E-state index in [2.05, 4.69) is 86.6 Å². The predicted molar refractivity (Wildman–Crippen MR) is 148 cm³/mol. The first-order valence-corrected chi connectivity index (χ1v) is 12.4. The van der Waals surface area contributed by atoms with Gasteiger partial charge in [0.1, 0.15) is 5.65 Å². The second kappa shape index (κ2) is 6.58. The van der Waals surface area contributed by atoms with Crippen LogP contribution < -0.4 is 5.56 Å². The summed E-state index contributed by atoms with van der Waals surface area (Å²) in [5.74, 6) is 0. The molecule has 0 fully saturated rings. The molecule has 0 radical (unpaired) electrons. The summed E-state index contributed by atoms with van der Waals surface area (Å²) in [5.41, 5.74) is 9.64. The number of benzene rings is 5. The van der Waals surface area contributed by atoms with E-state index in [1.54, 1.807) is 0 Å². The van der Waals surface area contributed by atoms with E-state index in [0.29, 0.717) is 0 Å². The summed E-state index contributed by atoms with van der Waals surface area (Å²) in [6, 6.07) is 33.7. The minimum atomic E-state index is -0.134. The summed E-state index contributed by atoms with van der Waals surface area (Å²) in [7, 11) is 0. The van der Waals surface area contributed by atoms with Gasteiger partial charge in [0, 0.05) is 21.6 Å². The van der Waals surface area contributed by atoms with Crippen LogP contribution in [0.5, 0.6) is 0 Å². The van der Waals surface area contributed by atoms with Crippen molar-refractivity contribution >= 4 is 38.2 Å². The van der Waals surface area contributed by atoms with E-state index in [9.17, 15) is 4.79 Å². The second-order valence-electron chi connectivity index (χ2n) is 10.4. The molecule has 0 aliphatic heterocycles. The van der Waals surface area contributed by atoms with Crippen LogP contribution in [0, 0.1) is 0 Å². The van der Waals surface area contributed by atoms with Crippen LogP contribution in [0.15, 0.2) is 102 Å². The number of fused-ring (bicyclic) bond motifs is 7. The van der Waals surface area contributed by atoms with Crippen LogP contribution in [0.1, 0.15) is 25.0 Å². The van der Waals surface area contributed by atoms with Gasteiger partial charge < -0.3 is 0 Å². The maximum Gasteiger partial charge on any atom is 0.264 e. The topological polar surface area (TPSA) is 34.4 Å². The van der Waals surface area contributed by atoms with E-state index in [-0.39, 0.29) is 11.0 Å². The van der Waals surface area contributed by atoms with Crippen molar-refractivity contribution in [3.63, 3.8) is 0 Å². The smallest absolute Gasteiger partial charge is 0.264 e. The Morgan fingerprint density at radius 2 is 1.44 bits per heavy atom. The molecule has 0 bridgehead atoms. The normalized spacial score (nSPS) is 14.2. The lowest BCUT2D eigenvalue weighted by Gasteiger charge is -2.21. The van der Waals surface area contributed by atoms with Crippen molar-refractivity contribution in [2.24, 2.45) is 0 Å². The molecule has 36 heavy (non-hydrogen) atoms. The Bertz CT molecular complexity index is 2080. The number of hydrogen-bond acceptors (Lipinski definition) is 2. The minimum Gasteiger partial charge on any atom is -0.268 e. The van der Waals surface area contributed by atoms with Gasteiger partial charge in [-0.05, 0) is 57.0 Å². The van der Waals surface area contributed by atoms with Gasteiger partial charge in [0.2, 0.25) is 0 Å². The zero-order chi connectivity index (χ0) is 24.2. The van der Waals surface area contributed by atoms with Gasteiger partial charge in [-0.25, -0.2) is 4.98 Å². The molecule has 0 spiro atoms. The van der Waals surface area contributed by atoms with E-state index in [1.165, 1.54) is 22.3 Å². The molecule has 0 unspecified atom stereocenters. The van der Waals surface area contributed by atoms with Crippen molar-refractivity contribution in [1.29, 1.82) is 0 Å². The van der Waals surface area contributed by atoms with Gasteiger partial charge in [-0.1, -0.05) is 92.7 Å². The standard InChI is InChI=1S/C33H22N2O/c1-33(2)26-14-7-6-11-21(26)25-17-28-29(18-27(25)33)35-31(34-28)23-13-8-12-22-20(19-9-4-3-5-10-19)15-16-24(30(22)23)32(35)36/h3-18H,1-2H3. The first kappa shape index (κ1) is 19.8. The fourth-order valence-corrected chi connectivity index (χ4v) is 6.42. The summed E-state index contributed by atoms with van der Waals surface area (Å²) in [6.45, 7) is 4.53. The van der Waals surface area contributed by atoms with Gasteiger partial charge in [0.25, 0.3) is 5.56 Å². The molecule has 0 amide bonds. The maximum atomic E-state index is 14.0. The van der Waals surface area contributed by atoms with Crippen LogP contribution in [-0.2, 0) is 5.41 Å². The van der Waals surface area contributed by atoms with E-state index >= 15 is 0 Å². The molecule has 3 heteroatoms. The van der Waals surface area contributed by atoms with E-state index in [1.807, 2.05) is 28.7 Å². The molecule has 0 N–H and O–H groups in total. The molecule has 3 nitrogen and oxygen atoms in total. The second-order valence-corrected chi connectivity index (χ2v) is 10.4. The molecule has 5 aromatic carbocycles. The molecule has 0 atom stereocenters. The number of pyridine rings is 1. The third-order valence-corrected chi connectivity index (χ3v) is 8.16. The van der Waals surface area contributed by atoms with Gasteiger partial charge in [-0.15, -0.1) is 0 Å². The fraction of sp³-hybridized carbons (Fsp3) is 0.0909. The SMILES string of the molecule is CC1(C)c2ccccc2-c2cc3nc4c5cccc6c(-c7ccccc7)ccc(c(=O)n4c3cc21)c65. The minimum absolute atomic E-state index is 0.0101. The Balaban J connectivity index is 1.52. The van der Waals surface area contributed by atoms with Crippen molar-refractivity contribution in [2.75, 3.05) is 0 Å². The maximum absolute atomic E-state index is 14.0. The lowest BCUT2D eigenvalue weighted by molar-refractivity contribution is 0.661. The van der Waals surface area contributed by atoms with Gasteiger partial charge in [-0.2, -0.15) is 0 Å². The molecule has 8 rings (SSSR count). The first-order valence-electron chi connectivity index (χ1n) is 12.4. The molecule has 2 aromatic heterocycles. The molecule has 0 saturated heterocycles. The Hall–Kier alpha value is -4.50. The van der Waals surface area contributed by atoms with Crippen molar-refractivity contribution in [3.8, 4) is 22.3 Å². The number of imidazole rings is 1. The highest BCUT2D eigenvalue weighted by molar-refractivity contribution is 6.19. The molecule has 7 aromatic rings. The lowest BCUT2D eigenvalue weighted by Crippen LogP contribution is -2.16. The highest BCUT2D eigenvalue weighted by atomic mass is 16.1. The average molecular weight is 463 g/mol. The van der Waals surface area contributed by atoms with Gasteiger partial charge >= 0.3 is 0 Å². The number of hydrogen-bond donors (Lipinski definition) is 0. The summed E-state index contributed by atoms with van der Waals surface area (Å²) in [6.07, 6.45) is 0. The van der Waals surface area contributed by atoms with Gasteiger partial charge in [0.05, 0.1) is 11.0 Å². The number of aromatic nitrogens is 2. The third kappa shape index (κ3) is 2.33. The van der Waals surface area contributed by atoms with Crippen LogP contribution in [0.4, 0.5) is 0 Å². The Labute approximate surface area is 207 Å². The van der Waals surface area contributed by atoms with E-state index in [0.717, 1.165) is 49.4 Å². The highest BCUT2D eigenvalue weighted by Gasteiger charge is 2.36. The van der Waals surface area contributed by atoms with Gasteiger partial charge in [-0.3, -0.25) is 9.20 Å². The number of nitrogens with zero attached hydrogens (tertiary/aromatic N) is 2. The van der Waals surface area contributed by atoms with Crippen LogP contribution in [0.2, 0.25) is 0 Å². The number of rotatable bonds is 1. The van der Waals surface area contributed by atoms with Crippen LogP contribution in [0.3, 0.4) is 0 Å². The monoisotopic (exact) mass is 462 g/mol. The van der Waals surface area contributed by atoms with Crippen LogP contribution in [0.25, 0.3) is 60.5 Å². The van der Waals surface area contributed by atoms with Crippen LogP contribution in [-0.4, -0.2) is 9.38 Å². The Morgan fingerprint density at radius 1 is 0.667 bits per heavy atom. The zero-order valence-electron chi connectivity index (χ0n) is 20.0. The van der Waals surface area contributed by atoms with Crippen molar-refractivity contribution in [2.45, 2.75) is 19.3 Å². The first-order chi connectivity index (χ1) is 17.5. The lowest BCUT2D eigenvalue weighted by atomic mass is 9.82. The summed E-state index contributed by atoms with van der Waals surface area (Å²) >= 11 is 0. The van der Waals surface area contributed by atoms with E-state index < -0.39 is 0 Å². The predicted octanol–water partition coefficient (Wildman–Crippen LogP) is 7.57. The average Bonchev–Trinajstić information content (AvgIpc) is 3.39. The molecule has 1 aliphatic carbocycles.